The molecule has 2 aromatic carbocycles. The Morgan fingerprint density at radius 2 is 2.00 bits per heavy atom. The van der Waals surface area contributed by atoms with E-state index in [2.05, 4.69) is 15.5 Å². The second-order valence-electron chi connectivity index (χ2n) is 6.23. The monoisotopic (exact) mass is 370 g/mol. The van der Waals surface area contributed by atoms with E-state index in [1.807, 2.05) is 30.3 Å². The Morgan fingerprint density at radius 1 is 1.19 bits per heavy atom. The van der Waals surface area contributed by atoms with E-state index in [4.69, 9.17) is 4.52 Å². The minimum absolute atomic E-state index is 0.0810. The number of anilines is 1. The topological polar surface area (TPSA) is 71.3 Å². The summed E-state index contributed by atoms with van der Waals surface area (Å²) >= 11 is 0. The van der Waals surface area contributed by atoms with Crippen LogP contribution in [0.2, 0.25) is 0 Å². The lowest BCUT2D eigenvalue weighted by Gasteiger charge is -2.22. The molecule has 0 spiro atoms. The summed E-state index contributed by atoms with van der Waals surface area (Å²) in [5.41, 5.74) is 0.734. The molecule has 1 fully saturated rings. The van der Waals surface area contributed by atoms with Crippen LogP contribution in [0.25, 0.3) is 11.4 Å². The molecule has 2 heterocycles. The van der Waals surface area contributed by atoms with Crippen molar-refractivity contribution in [1.29, 1.82) is 0 Å². The Hall–Kier alpha value is -3.29. The molecule has 1 aromatic heterocycles. The summed E-state index contributed by atoms with van der Waals surface area (Å²) in [6.45, 7) is 0.475. The van der Waals surface area contributed by atoms with E-state index < -0.39 is 23.7 Å². The molecular weight excluding hydrogens is 354 g/mol. The number of urea groups is 1. The third-order valence-corrected chi connectivity index (χ3v) is 4.45. The molecule has 1 aliphatic heterocycles. The Balaban J connectivity index is 1.52. The van der Waals surface area contributed by atoms with E-state index in [1.165, 1.54) is 11.0 Å². The first-order chi connectivity index (χ1) is 13.1. The summed E-state index contributed by atoms with van der Waals surface area (Å²) in [6.07, 6.45) is 1.42. The highest BCUT2D eigenvalue weighted by Crippen LogP contribution is 2.32. The normalized spacial score (nSPS) is 16.5. The van der Waals surface area contributed by atoms with E-state index in [-0.39, 0.29) is 5.69 Å². The highest BCUT2D eigenvalue weighted by molar-refractivity contribution is 5.89. The summed E-state index contributed by atoms with van der Waals surface area (Å²) < 4.78 is 32.2. The Morgan fingerprint density at radius 3 is 2.78 bits per heavy atom. The van der Waals surface area contributed by atoms with E-state index in [9.17, 15) is 13.6 Å². The third kappa shape index (κ3) is 3.51. The molecule has 1 saturated heterocycles. The van der Waals surface area contributed by atoms with Crippen LogP contribution in [0.15, 0.2) is 53.1 Å². The van der Waals surface area contributed by atoms with Crippen molar-refractivity contribution in [3.05, 3.63) is 66.1 Å². The fourth-order valence-corrected chi connectivity index (χ4v) is 3.12. The zero-order chi connectivity index (χ0) is 18.8. The van der Waals surface area contributed by atoms with E-state index in [0.29, 0.717) is 24.7 Å². The first kappa shape index (κ1) is 17.1. The van der Waals surface area contributed by atoms with Gasteiger partial charge in [0.2, 0.25) is 11.7 Å². The van der Waals surface area contributed by atoms with Crippen molar-refractivity contribution < 1.29 is 18.1 Å². The maximum Gasteiger partial charge on any atom is 0.322 e. The van der Waals surface area contributed by atoms with Crippen LogP contribution in [0.3, 0.4) is 0 Å². The number of amides is 2. The number of rotatable bonds is 3. The van der Waals surface area contributed by atoms with Gasteiger partial charge in [-0.2, -0.15) is 4.98 Å². The second kappa shape index (κ2) is 7.14. The van der Waals surface area contributed by atoms with Gasteiger partial charge in [-0.1, -0.05) is 35.5 Å². The van der Waals surface area contributed by atoms with Gasteiger partial charge in [-0.25, -0.2) is 13.6 Å². The van der Waals surface area contributed by atoms with Gasteiger partial charge in [0, 0.05) is 18.2 Å². The largest absolute Gasteiger partial charge is 0.337 e. The SMILES string of the molecule is O=C(Nc1ccc(F)cc1F)N1CCC[C@@H]1c1nc(-c2ccccc2)no1. The van der Waals surface area contributed by atoms with Crippen molar-refractivity contribution in [2.75, 3.05) is 11.9 Å². The van der Waals surface area contributed by atoms with Crippen molar-refractivity contribution in [2.45, 2.75) is 18.9 Å². The molecule has 138 valence electrons. The molecule has 0 aliphatic carbocycles. The van der Waals surface area contributed by atoms with E-state index in [1.54, 1.807) is 0 Å². The van der Waals surface area contributed by atoms with Crippen molar-refractivity contribution in [3.63, 3.8) is 0 Å². The van der Waals surface area contributed by atoms with E-state index >= 15 is 0 Å². The third-order valence-electron chi connectivity index (χ3n) is 4.45. The number of likely N-dealkylation sites (tertiary alicyclic amines) is 1. The van der Waals surface area contributed by atoms with Crippen LogP contribution in [0.5, 0.6) is 0 Å². The number of carbonyl (C=O) groups is 1. The van der Waals surface area contributed by atoms with Crippen LogP contribution >= 0.6 is 0 Å². The van der Waals surface area contributed by atoms with Gasteiger partial charge in [0.1, 0.15) is 17.7 Å². The van der Waals surface area contributed by atoms with Gasteiger partial charge in [0.25, 0.3) is 0 Å². The number of benzene rings is 2. The Labute approximate surface area is 153 Å². The molecule has 1 atom stereocenters. The predicted molar refractivity (Wildman–Crippen MR) is 93.8 cm³/mol. The number of nitrogens with zero attached hydrogens (tertiary/aromatic N) is 3. The van der Waals surface area contributed by atoms with Gasteiger partial charge in [0.05, 0.1) is 5.69 Å². The summed E-state index contributed by atoms with van der Waals surface area (Å²) in [4.78, 5) is 18.5. The molecule has 6 nitrogen and oxygen atoms in total. The zero-order valence-corrected chi connectivity index (χ0v) is 14.2. The smallest absolute Gasteiger partial charge is 0.322 e. The molecule has 0 unspecified atom stereocenters. The molecule has 0 saturated carbocycles. The number of aromatic nitrogens is 2. The molecule has 1 aliphatic rings. The average molecular weight is 370 g/mol. The summed E-state index contributed by atoms with van der Waals surface area (Å²) in [5, 5.41) is 6.46. The van der Waals surface area contributed by atoms with E-state index in [0.717, 1.165) is 24.1 Å². The average Bonchev–Trinajstić information content (AvgIpc) is 3.33. The molecule has 0 radical (unpaired) electrons. The molecule has 0 bridgehead atoms. The molecule has 1 N–H and O–H groups in total. The van der Waals surface area contributed by atoms with Crippen LogP contribution in [0, 0.1) is 11.6 Å². The Bertz CT molecular complexity index is 961. The van der Waals surface area contributed by atoms with Gasteiger partial charge < -0.3 is 14.7 Å². The summed E-state index contributed by atoms with van der Waals surface area (Å²) in [7, 11) is 0. The number of halogens is 2. The Kier molecular flexibility index (Phi) is 4.53. The molecule has 8 heteroatoms. The lowest BCUT2D eigenvalue weighted by atomic mass is 10.2. The number of carbonyl (C=O) groups excluding carboxylic acids is 1. The maximum atomic E-state index is 13.8. The molecule has 2 amide bonds. The fourth-order valence-electron chi connectivity index (χ4n) is 3.12. The fraction of sp³-hybridized carbons (Fsp3) is 0.211. The van der Waals surface area contributed by atoms with Crippen molar-refractivity contribution in [1.82, 2.24) is 15.0 Å². The molecular formula is C19H16F2N4O2. The predicted octanol–water partition coefficient (Wildman–Crippen LogP) is 4.38. The second-order valence-corrected chi connectivity index (χ2v) is 6.23. The number of hydrogen-bond donors (Lipinski definition) is 1. The number of hydrogen-bond acceptors (Lipinski definition) is 4. The first-order valence-corrected chi connectivity index (χ1v) is 8.53. The first-order valence-electron chi connectivity index (χ1n) is 8.53. The minimum Gasteiger partial charge on any atom is -0.337 e. The van der Waals surface area contributed by atoms with Crippen LogP contribution in [-0.2, 0) is 0 Å². The highest BCUT2D eigenvalue weighted by Gasteiger charge is 2.34. The van der Waals surface area contributed by atoms with Crippen LogP contribution in [0.1, 0.15) is 24.8 Å². The van der Waals surface area contributed by atoms with Crippen molar-refractivity contribution in [2.24, 2.45) is 0 Å². The summed E-state index contributed by atoms with van der Waals surface area (Å²) in [6, 6.07) is 11.5. The zero-order valence-electron chi connectivity index (χ0n) is 14.2. The molecule has 27 heavy (non-hydrogen) atoms. The van der Waals surface area contributed by atoms with Gasteiger partial charge in [-0.15, -0.1) is 0 Å². The summed E-state index contributed by atoms with van der Waals surface area (Å²) in [5.74, 6) is -0.754. The minimum atomic E-state index is -0.830. The van der Waals surface area contributed by atoms with Crippen molar-refractivity contribution in [3.8, 4) is 11.4 Å². The molecule has 3 aromatic rings. The molecule has 4 rings (SSSR count). The van der Waals surface area contributed by atoms with Gasteiger partial charge in [-0.05, 0) is 25.0 Å². The van der Waals surface area contributed by atoms with Gasteiger partial charge in [0.15, 0.2) is 0 Å². The van der Waals surface area contributed by atoms with Crippen LogP contribution in [0.4, 0.5) is 19.3 Å². The maximum absolute atomic E-state index is 13.8. The van der Waals surface area contributed by atoms with Gasteiger partial charge in [-0.3, -0.25) is 0 Å². The quantitative estimate of drug-likeness (QED) is 0.743. The van der Waals surface area contributed by atoms with Crippen LogP contribution < -0.4 is 5.32 Å². The van der Waals surface area contributed by atoms with Crippen LogP contribution in [-0.4, -0.2) is 27.6 Å². The van der Waals surface area contributed by atoms with Crippen molar-refractivity contribution >= 4 is 11.7 Å². The lowest BCUT2D eigenvalue weighted by Crippen LogP contribution is -2.34. The van der Waals surface area contributed by atoms with Gasteiger partial charge >= 0.3 is 6.03 Å². The standard InChI is InChI=1S/C19H16F2N4O2/c20-13-8-9-15(14(21)11-13)22-19(26)25-10-4-7-16(25)18-23-17(24-27-18)12-5-2-1-3-6-12/h1-3,5-6,8-9,11,16H,4,7,10H2,(H,22,26)/t16-/m1/s1. The highest BCUT2D eigenvalue weighted by atomic mass is 19.1. The number of nitrogens with one attached hydrogen (secondary N) is 1. The lowest BCUT2D eigenvalue weighted by molar-refractivity contribution is 0.193.